The molecule has 20 heavy (non-hydrogen) atoms. The highest BCUT2D eigenvalue weighted by Crippen LogP contribution is 2.36. The molecule has 0 radical (unpaired) electrons. The highest BCUT2D eigenvalue weighted by molar-refractivity contribution is 6.42. The SMILES string of the molecule is NC1=NN(c2ccc(Cl)c(Cl)c2)C(c2ccccc2)C1. The van der Waals surface area contributed by atoms with Crippen LogP contribution in [0.5, 0.6) is 0 Å². The van der Waals surface area contributed by atoms with E-state index in [1.54, 1.807) is 6.07 Å². The largest absolute Gasteiger partial charge is 0.386 e. The smallest absolute Gasteiger partial charge is 0.122 e. The number of anilines is 1. The molecular weight excluding hydrogens is 293 g/mol. The zero-order valence-electron chi connectivity index (χ0n) is 10.6. The maximum atomic E-state index is 6.08. The van der Waals surface area contributed by atoms with Gasteiger partial charge in [-0.25, -0.2) is 0 Å². The molecule has 0 saturated carbocycles. The summed E-state index contributed by atoms with van der Waals surface area (Å²) >= 11 is 12.0. The summed E-state index contributed by atoms with van der Waals surface area (Å²) in [6.45, 7) is 0. The van der Waals surface area contributed by atoms with E-state index < -0.39 is 0 Å². The Morgan fingerprint density at radius 3 is 2.50 bits per heavy atom. The summed E-state index contributed by atoms with van der Waals surface area (Å²) in [7, 11) is 0. The van der Waals surface area contributed by atoms with Gasteiger partial charge >= 0.3 is 0 Å². The minimum atomic E-state index is 0.0912. The zero-order valence-corrected chi connectivity index (χ0v) is 12.1. The maximum absolute atomic E-state index is 6.08. The Hall–Kier alpha value is -1.71. The summed E-state index contributed by atoms with van der Waals surface area (Å²) in [5, 5.41) is 7.35. The number of benzene rings is 2. The van der Waals surface area contributed by atoms with Crippen LogP contribution in [0.2, 0.25) is 10.0 Å². The topological polar surface area (TPSA) is 41.6 Å². The first-order valence-corrected chi connectivity index (χ1v) is 7.03. The van der Waals surface area contributed by atoms with Crippen molar-refractivity contribution in [2.24, 2.45) is 10.8 Å². The van der Waals surface area contributed by atoms with Crippen LogP contribution < -0.4 is 10.7 Å². The molecule has 1 atom stereocenters. The lowest BCUT2D eigenvalue weighted by Gasteiger charge is -2.24. The third-order valence-corrected chi connectivity index (χ3v) is 4.02. The molecule has 0 bridgehead atoms. The number of nitrogens with two attached hydrogens (primary N) is 1. The van der Waals surface area contributed by atoms with Crippen LogP contribution in [0.4, 0.5) is 5.69 Å². The van der Waals surface area contributed by atoms with Crippen molar-refractivity contribution in [3.05, 3.63) is 64.1 Å². The molecule has 3 nitrogen and oxygen atoms in total. The van der Waals surface area contributed by atoms with Crippen LogP contribution >= 0.6 is 23.2 Å². The molecule has 0 saturated heterocycles. The van der Waals surface area contributed by atoms with E-state index in [1.807, 2.05) is 35.3 Å². The molecule has 1 heterocycles. The number of amidine groups is 1. The molecule has 0 amide bonds. The number of rotatable bonds is 2. The fourth-order valence-corrected chi connectivity index (χ4v) is 2.63. The second kappa shape index (κ2) is 5.35. The Balaban J connectivity index is 1.99. The van der Waals surface area contributed by atoms with Crippen LogP contribution in [-0.4, -0.2) is 5.84 Å². The summed E-state index contributed by atoms with van der Waals surface area (Å²) < 4.78 is 0. The fourth-order valence-electron chi connectivity index (χ4n) is 2.33. The average molecular weight is 306 g/mol. The van der Waals surface area contributed by atoms with Gasteiger partial charge in [0.25, 0.3) is 0 Å². The van der Waals surface area contributed by atoms with Crippen LogP contribution in [0.15, 0.2) is 53.6 Å². The molecule has 0 aliphatic carbocycles. The molecule has 1 aliphatic rings. The van der Waals surface area contributed by atoms with Crippen LogP contribution in [-0.2, 0) is 0 Å². The molecule has 1 unspecified atom stereocenters. The number of hydrogen-bond donors (Lipinski definition) is 1. The predicted octanol–water partition coefficient (Wildman–Crippen LogP) is 4.22. The van der Waals surface area contributed by atoms with E-state index in [2.05, 4.69) is 17.2 Å². The van der Waals surface area contributed by atoms with Crippen molar-refractivity contribution in [1.29, 1.82) is 0 Å². The van der Waals surface area contributed by atoms with E-state index in [0.29, 0.717) is 22.3 Å². The maximum Gasteiger partial charge on any atom is 0.122 e. The van der Waals surface area contributed by atoms with Crippen LogP contribution in [0.3, 0.4) is 0 Å². The fraction of sp³-hybridized carbons (Fsp3) is 0.133. The first-order valence-electron chi connectivity index (χ1n) is 6.27. The molecule has 0 aromatic heterocycles. The molecule has 0 spiro atoms. The Morgan fingerprint density at radius 2 is 1.80 bits per heavy atom. The average Bonchev–Trinajstić information content (AvgIpc) is 2.85. The molecule has 0 fully saturated rings. The van der Waals surface area contributed by atoms with Crippen LogP contribution in [0, 0.1) is 0 Å². The third kappa shape index (κ3) is 2.47. The molecule has 5 heteroatoms. The van der Waals surface area contributed by atoms with E-state index in [9.17, 15) is 0 Å². The molecule has 3 rings (SSSR count). The summed E-state index contributed by atoms with van der Waals surface area (Å²) in [5.74, 6) is 0.616. The van der Waals surface area contributed by atoms with Gasteiger partial charge in [-0.05, 0) is 23.8 Å². The Kier molecular flexibility index (Phi) is 3.55. The Bertz CT molecular complexity index is 655. The van der Waals surface area contributed by atoms with Crippen LogP contribution in [0.1, 0.15) is 18.0 Å². The quantitative estimate of drug-likeness (QED) is 0.902. The van der Waals surface area contributed by atoms with Crippen molar-refractivity contribution in [2.75, 3.05) is 5.01 Å². The van der Waals surface area contributed by atoms with Gasteiger partial charge in [0.05, 0.1) is 21.8 Å². The first-order chi connectivity index (χ1) is 9.65. The van der Waals surface area contributed by atoms with Crippen molar-refractivity contribution < 1.29 is 0 Å². The predicted molar refractivity (Wildman–Crippen MR) is 84.4 cm³/mol. The highest BCUT2D eigenvalue weighted by Gasteiger charge is 2.28. The monoisotopic (exact) mass is 305 g/mol. The normalized spacial score (nSPS) is 18.2. The number of halogens is 2. The summed E-state index contributed by atoms with van der Waals surface area (Å²) in [6.07, 6.45) is 0.699. The van der Waals surface area contributed by atoms with Gasteiger partial charge in [0.1, 0.15) is 5.84 Å². The molecule has 1 aliphatic heterocycles. The third-order valence-electron chi connectivity index (χ3n) is 3.29. The summed E-state index contributed by atoms with van der Waals surface area (Å²) in [5.41, 5.74) is 7.96. The molecule has 2 aromatic carbocycles. The van der Waals surface area contributed by atoms with Gasteiger partial charge in [-0.2, -0.15) is 5.10 Å². The molecule has 2 aromatic rings. The van der Waals surface area contributed by atoms with Gasteiger partial charge in [-0.1, -0.05) is 53.5 Å². The molecule has 102 valence electrons. The number of hydrazone groups is 1. The van der Waals surface area contributed by atoms with E-state index in [0.717, 1.165) is 5.69 Å². The molecule has 2 N–H and O–H groups in total. The van der Waals surface area contributed by atoms with Gasteiger partial charge < -0.3 is 5.73 Å². The lowest BCUT2D eigenvalue weighted by Crippen LogP contribution is -2.18. The first kappa shape index (κ1) is 13.3. The van der Waals surface area contributed by atoms with Gasteiger partial charge in [0.2, 0.25) is 0 Å². The van der Waals surface area contributed by atoms with E-state index >= 15 is 0 Å². The van der Waals surface area contributed by atoms with Gasteiger partial charge in [0.15, 0.2) is 0 Å². The summed E-state index contributed by atoms with van der Waals surface area (Å²) in [6, 6.07) is 15.7. The van der Waals surface area contributed by atoms with Crippen molar-refractivity contribution in [3.8, 4) is 0 Å². The highest BCUT2D eigenvalue weighted by atomic mass is 35.5. The zero-order chi connectivity index (χ0) is 14.1. The standard InChI is InChI=1S/C15H13Cl2N3/c16-12-7-6-11(8-13(12)17)20-14(9-15(18)19-20)10-4-2-1-3-5-10/h1-8,14H,9H2,(H2,18,19). The number of nitrogens with zero attached hydrogens (tertiary/aromatic N) is 2. The Labute approximate surface area is 127 Å². The van der Waals surface area contributed by atoms with Crippen LogP contribution in [0.25, 0.3) is 0 Å². The van der Waals surface area contributed by atoms with E-state index in [4.69, 9.17) is 28.9 Å². The van der Waals surface area contributed by atoms with Gasteiger partial charge in [-0.3, -0.25) is 5.01 Å². The number of hydrogen-bond acceptors (Lipinski definition) is 3. The molecular formula is C15H13Cl2N3. The van der Waals surface area contributed by atoms with Crippen molar-refractivity contribution in [3.63, 3.8) is 0 Å². The second-order valence-corrected chi connectivity index (χ2v) is 5.48. The lowest BCUT2D eigenvalue weighted by atomic mass is 10.0. The Morgan fingerprint density at radius 1 is 1.05 bits per heavy atom. The minimum Gasteiger partial charge on any atom is -0.386 e. The second-order valence-electron chi connectivity index (χ2n) is 4.66. The van der Waals surface area contributed by atoms with Gasteiger partial charge in [0, 0.05) is 6.42 Å². The van der Waals surface area contributed by atoms with Gasteiger partial charge in [-0.15, -0.1) is 0 Å². The van der Waals surface area contributed by atoms with E-state index in [1.165, 1.54) is 5.56 Å². The van der Waals surface area contributed by atoms with Crippen molar-refractivity contribution in [2.45, 2.75) is 12.5 Å². The van der Waals surface area contributed by atoms with Crippen molar-refractivity contribution in [1.82, 2.24) is 0 Å². The summed E-state index contributed by atoms with van der Waals surface area (Å²) in [4.78, 5) is 0. The lowest BCUT2D eigenvalue weighted by molar-refractivity contribution is 0.708. The minimum absolute atomic E-state index is 0.0912. The van der Waals surface area contributed by atoms with Crippen molar-refractivity contribution >= 4 is 34.7 Å². The van der Waals surface area contributed by atoms with E-state index in [-0.39, 0.29) is 6.04 Å².